The Labute approximate surface area is 130 Å². The highest BCUT2D eigenvalue weighted by Gasteiger charge is 2.06. The molecule has 0 aliphatic rings. The molecule has 0 fully saturated rings. The van der Waals surface area contributed by atoms with Gasteiger partial charge in [0.1, 0.15) is 5.75 Å². The third-order valence-electron chi connectivity index (χ3n) is 2.70. The van der Waals surface area contributed by atoms with Crippen molar-refractivity contribution in [2.45, 2.75) is 6.92 Å². The maximum atomic E-state index is 10.9. The number of esters is 1. The lowest BCUT2D eigenvalue weighted by atomic mass is 10.2. The van der Waals surface area contributed by atoms with Crippen LogP contribution in [-0.2, 0) is 4.79 Å². The summed E-state index contributed by atoms with van der Waals surface area (Å²) in [5.74, 6) is 0.687. The fourth-order valence-corrected chi connectivity index (χ4v) is 2.50. The number of ether oxygens (including phenoxy) is 1. The lowest BCUT2D eigenvalue weighted by Crippen LogP contribution is -2.00. The van der Waals surface area contributed by atoms with E-state index in [1.54, 1.807) is 30.6 Å². The van der Waals surface area contributed by atoms with Gasteiger partial charge in [0.2, 0.25) is 5.95 Å². The van der Waals surface area contributed by atoms with Crippen molar-refractivity contribution in [2.75, 3.05) is 5.32 Å². The molecule has 0 aliphatic carbocycles. The lowest BCUT2D eigenvalue weighted by molar-refractivity contribution is -0.131. The molecule has 1 N–H and O–H groups in total. The number of thiazole rings is 1. The van der Waals surface area contributed by atoms with Crippen LogP contribution in [0.1, 0.15) is 6.92 Å². The molecule has 2 heterocycles. The standard InChI is InChI=1S/C15H12N4O2S/c1-10(20)21-12-5-3-11(4-6-12)13-9-22-15(18-13)19-14-16-7-2-8-17-14/h2-9H,1H3,(H,16,17,18,19). The first-order valence-electron chi connectivity index (χ1n) is 6.49. The summed E-state index contributed by atoms with van der Waals surface area (Å²) >= 11 is 1.47. The molecule has 0 bridgehead atoms. The van der Waals surface area contributed by atoms with Crippen LogP contribution in [0.3, 0.4) is 0 Å². The van der Waals surface area contributed by atoms with E-state index in [4.69, 9.17) is 4.74 Å². The second kappa shape index (κ2) is 6.31. The molecule has 0 radical (unpaired) electrons. The predicted molar refractivity (Wildman–Crippen MR) is 84.2 cm³/mol. The number of nitrogens with zero attached hydrogens (tertiary/aromatic N) is 3. The molecule has 0 aliphatic heterocycles. The van der Waals surface area contributed by atoms with Crippen molar-refractivity contribution in [3.05, 3.63) is 48.1 Å². The molecule has 110 valence electrons. The number of benzene rings is 1. The fourth-order valence-electron chi connectivity index (χ4n) is 1.78. The van der Waals surface area contributed by atoms with Gasteiger partial charge in [-0.25, -0.2) is 15.0 Å². The summed E-state index contributed by atoms with van der Waals surface area (Å²) in [5.41, 5.74) is 1.77. The van der Waals surface area contributed by atoms with E-state index in [-0.39, 0.29) is 5.97 Å². The SMILES string of the molecule is CC(=O)Oc1ccc(-c2csc(Nc3ncccn3)n2)cc1. The minimum Gasteiger partial charge on any atom is -0.427 e. The Hall–Kier alpha value is -2.80. The molecule has 3 aromatic rings. The van der Waals surface area contributed by atoms with E-state index in [1.807, 2.05) is 17.5 Å². The van der Waals surface area contributed by atoms with E-state index in [2.05, 4.69) is 20.3 Å². The Morgan fingerprint density at radius 3 is 2.59 bits per heavy atom. The number of aromatic nitrogens is 3. The van der Waals surface area contributed by atoms with Gasteiger partial charge in [-0.2, -0.15) is 0 Å². The molecule has 2 aromatic heterocycles. The minimum absolute atomic E-state index is 0.337. The first kappa shape index (κ1) is 14.2. The number of anilines is 2. The van der Waals surface area contributed by atoms with Crippen LogP contribution < -0.4 is 10.1 Å². The Morgan fingerprint density at radius 2 is 1.91 bits per heavy atom. The summed E-state index contributed by atoms with van der Waals surface area (Å²) < 4.78 is 5.00. The first-order chi connectivity index (χ1) is 10.7. The van der Waals surface area contributed by atoms with Gasteiger partial charge in [0.25, 0.3) is 0 Å². The molecule has 0 atom stereocenters. The van der Waals surface area contributed by atoms with Gasteiger partial charge in [-0.1, -0.05) is 0 Å². The van der Waals surface area contributed by atoms with Gasteiger partial charge in [-0.15, -0.1) is 11.3 Å². The topological polar surface area (TPSA) is 77.0 Å². The van der Waals surface area contributed by atoms with Gasteiger partial charge in [0, 0.05) is 30.3 Å². The van der Waals surface area contributed by atoms with Crippen molar-refractivity contribution in [3.8, 4) is 17.0 Å². The van der Waals surface area contributed by atoms with Crippen LogP contribution in [0, 0.1) is 0 Å². The van der Waals surface area contributed by atoms with Crippen LogP contribution in [0.4, 0.5) is 11.1 Å². The molecular formula is C15H12N4O2S. The quantitative estimate of drug-likeness (QED) is 0.588. The molecule has 0 spiro atoms. The maximum Gasteiger partial charge on any atom is 0.308 e. The van der Waals surface area contributed by atoms with E-state index in [0.29, 0.717) is 16.8 Å². The largest absolute Gasteiger partial charge is 0.427 e. The molecule has 0 saturated heterocycles. The Morgan fingerprint density at radius 1 is 1.18 bits per heavy atom. The van der Waals surface area contributed by atoms with Gasteiger partial charge in [0.15, 0.2) is 5.13 Å². The molecule has 0 amide bonds. The zero-order valence-corrected chi connectivity index (χ0v) is 12.5. The van der Waals surface area contributed by atoms with Gasteiger partial charge >= 0.3 is 5.97 Å². The highest BCUT2D eigenvalue weighted by atomic mass is 32.1. The molecule has 6 nitrogen and oxygen atoms in total. The zero-order chi connectivity index (χ0) is 15.4. The highest BCUT2D eigenvalue weighted by molar-refractivity contribution is 7.14. The van der Waals surface area contributed by atoms with Crippen molar-refractivity contribution in [3.63, 3.8) is 0 Å². The van der Waals surface area contributed by atoms with Crippen LogP contribution in [0.2, 0.25) is 0 Å². The van der Waals surface area contributed by atoms with Crippen LogP contribution in [-0.4, -0.2) is 20.9 Å². The summed E-state index contributed by atoms with van der Waals surface area (Å²) in [4.78, 5) is 23.6. The smallest absolute Gasteiger partial charge is 0.308 e. The van der Waals surface area contributed by atoms with Crippen LogP contribution >= 0.6 is 11.3 Å². The third kappa shape index (κ3) is 3.44. The van der Waals surface area contributed by atoms with Crippen molar-refractivity contribution in [1.82, 2.24) is 15.0 Å². The van der Waals surface area contributed by atoms with E-state index >= 15 is 0 Å². The lowest BCUT2D eigenvalue weighted by Gasteiger charge is -2.02. The second-order valence-corrected chi connectivity index (χ2v) is 5.21. The monoisotopic (exact) mass is 312 g/mol. The molecule has 22 heavy (non-hydrogen) atoms. The summed E-state index contributed by atoms with van der Waals surface area (Å²) in [5, 5.41) is 5.70. The first-order valence-corrected chi connectivity index (χ1v) is 7.37. The van der Waals surface area contributed by atoms with Crippen molar-refractivity contribution in [2.24, 2.45) is 0 Å². The summed E-state index contributed by atoms with van der Waals surface area (Å²) in [6.45, 7) is 1.37. The van der Waals surface area contributed by atoms with E-state index in [1.165, 1.54) is 18.3 Å². The highest BCUT2D eigenvalue weighted by Crippen LogP contribution is 2.27. The van der Waals surface area contributed by atoms with Gasteiger partial charge in [-0.3, -0.25) is 4.79 Å². The van der Waals surface area contributed by atoms with Crippen LogP contribution in [0.25, 0.3) is 11.3 Å². The molecular weight excluding hydrogens is 300 g/mol. The van der Waals surface area contributed by atoms with Crippen molar-refractivity contribution < 1.29 is 9.53 Å². The van der Waals surface area contributed by atoms with Crippen molar-refractivity contribution in [1.29, 1.82) is 0 Å². The van der Waals surface area contributed by atoms with E-state index in [9.17, 15) is 4.79 Å². The number of hydrogen-bond donors (Lipinski definition) is 1. The van der Waals surface area contributed by atoms with Gasteiger partial charge in [0.05, 0.1) is 5.69 Å². The predicted octanol–water partition coefficient (Wildman–Crippen LogP) is 3.27. The maximum absolute atomic E-state index is 10.9. The van der Waals surface area contributed by atoms with Crippen LogP contribution in [0.5, 0.6) is 5.75 Å². The summed E-state index contributed by atoms with van der Waals surface area (Å²) in [7, 11) is 0. The summed E-state index contributed by atoms with van der Waals surface area (Å²) in [6, 6.07) is 8.95. The second-order valence-electron chi connectivity index (χ2n) is 4.35. The third-order valence-corrected chi connectivity index (χ3v) is 3.46. The van der Waals surface area contributed by atoms with Gasteiger partial charge < -0.3 is 10.1 Å². The number of nitrogens with one attached hydrogen (secondary N) is 1. The Bertz CT molecular complexity index is 772. The number of hydrogen-bond acceptors (Lipinski definition) is 7. The average Bonchev–Trinajstić information content (AvgIpc) is 2.97. The van der Waals surface area contributed by atoms with Crippen LogP contribution in [0.15, 0.2) is 48.1 Å². The van der Waals surface area contributed by atoms with Gasteiger partial charge in [-0.05, 0) is 30.3 Å². The Kier molecular flexibility index (Phi) is 4.06. The molecule has 0 unspecified atom stereocenters. The van der Waals surface area contributed by atoms with Crippen molar-refractivity contribution >= 4 is 28.4 Å². The van der Waals surface area contributed by atoms with E-state index < -0.39 is 0 Å². The minimum atomic E-state index is -0.337. The fraction of sp³-hybridized carbons (Fsp3) is 0.0667. The number of carbonyl (C=O) groups is 1. The van der Waals surface area contributed by atoms with E-state index in [0.717, 1.165) is 11.3 Å². The summed E-state index contributed by atoms with van der Waals surface area (Å²) in [6.07, 6.45) is 3.33. The molecule has 0 saturated carbocycles. The average molecular weight is 312 g/mol. The Balaban J connectivity index is 1.74. The number of carbonyl (C=O) groups excluding carboxylic acids is 1. The molecule has 1 aromatic carbocycles. The molecule has 7 heteroatoms. The number of rotatable bonds is 4. The zero-order valence-electron chi connectivity index (χ0n) is 11.7. The normalized spacial score (nSPS) is 10.2. The molecule has 3 rings (SSSR count).